The topological polar surface area (TPSA) is 61.2 Å². The highest BCUT2D eigenvalue weighted by Crippen LogP contribution is 2.51. The van der Waals surface area contributed by atoms with Crippen LogP contribution in [0.2, 0.25) is 0 Å². The number of carbonyl (C=O) groups is 2. The van der Waals surface area contributed by atoms with Gasteiger partial charge in [0, 0.05) is 23.8 Å². The number of nitrogens with zero attached hydrogens (tertiary/aromatic N) is 2. The lowest BCUT2D eigenvalue weighted by atomic mass is 9.62. The van der Waals surface area contributed by atoms with Crippen molar-refractivity contribution in [2.45, 2.75) is 65.2 Å². The Labute approximate surface area is 155 Å². The first-order valence-corrected chi connectivity index (χ1v) is 9.67. The molecule has 1 saturated carbocycles. The van der Waals surface area contributed by atoms with Crippen LogP contribution in [0.3, 0.4) is 0 Å². The lowest BCUT2D eigenvalue weighted by Crippen LogP contribution is -2.41. The number of imide groups is 1. The molecule has 0 heterocycles. The highest BCUT2D eigenvalue weighted by Gasteiger charge is 2.44. The molecule has 0 aliphatic heterocycles. The smallest absolute Gasteiger partial charge is 0.233 e. The first-order valence-electron chi connectivity index (χ1n) is 9.67. The molecule has 1 aromatic carbocycles. The third-order valence-electron chi connectivity index (χ3n) is 5.82. The average Bonchev–Trinajstić information content (AvgIpc) is 2.68. The Morgan fingerprint density at radius 3 is 2.27 bits per heavy atom. The zero-order chi connectivity index (χ0) is 18.7. The second kappa shape index (κ2) is 7.45. The lowest BCUT2D eigenvalue weighted by Gasteiger charge is -2.43. The van der Waals surface area contributed by atoms with Crippen LogP contribution in [0, 0.1) is 16.7 Å². The predicted molar refractivity (Wildman–Crippen MR) is 101 cm³/mol. The fourth-order valence-corrected chi connectivity index (χ4v) is 4.51. The van der Waals surface area contributed by atoms with E-state index >= 15 is 0 Å². The van der Waals surface area contributed by atoms with Crippen LogP contribution in [0.5, 0.6) is 0 Å². The van der Waals surface area contributed by atoms with Gasteiger partial charge in [-0.15, -0.1) is 0 Å². The molecule has 1 aromatic rings. The van der Waals surface area contributed by atoms with Gasteiger partial charge in [-0.3, -0.25) is 9.59 Å². The summed E-state index contributed by atoms with van der Waals surface area (Å²) in [5.74, 6) is -0.468. The van der Waals surface area contributed by atoms with Crippen LogP contribution in [0.25, 0.3) is 5.70 Å². The molecule has 2 aliphatic rings. The number of amides is 2. The molecule has 136 valence electrons. The van der Waals surface area contributed by atoms with E-state index in [1.807, 2.05) is 18.2 Å². The maximum absolute atomic E-state index is 12.7. The van der Waals surface area contributed by atoms with E-state index in [0.29, 0.717) is 11.3 Å². The van der Waals surface area contributed by atoms with Crippen LogP contribution in [0.4, 0.5) is 0 Å². The van der Waals surface area contributed by atoms with Gasteiger partial charge in [0.25, 0.3) is 0 Å². The Bertz CT molecular complexity index is 779. The summed E-state index contributed by atoms with van der Waals surface area (Å²) in [6.45, 7) is 3.52. The summed E-state index contributed by atoms with van der Waals surface area (Å²) in [6.07, 6.45) is 6.55. The molecule has 0 radical (unpaired) electrons. The van der Waals surface area contributed by atoms with Crippen molar-refractivity contribution < 1.29 is 9.59 Å². The van der Waals surface area contributed by atoms with Gasteiger partial charge in [-0.05, 0) is 24.8 Å². The van der Waals surface area contributed by atoms with Gasteiger partial charge in [-0.2, -0.15) is 5.26 Å². The van der Waals surface area contributed by atoms with Crippen LogP contribution in [0.15, 0.2) is 29.8 Å². The van der Waals surface area contributed by atoms with Gasteiger partial charge in [-0.1, -0.05) is 57.4 Å². The summed E-state index contributed by atoms with van der Waals surface area (Å²) in [5, 5.41) is 10.1. The summed E-state index contributed by atoms with van der Waals surface area (Å²) in [5.41, 5.74) is 2.95. The molecule has 0 saturated heterocycles. The largest absolute Gasteiger partial charge is 0.274 e. The maximum Gasteiger partial charge on any atom is 0.233 e. The van der Waals surface area contributed by atoms with Gasteiger partial charge < -0.3 is 0 Å². The van der Waals surface area contributed by atoms with Gasteiger partial charge in [0.05, 0.1) is 17.3 Å². The highest BCUT2D eigenvalue weighted by atomic mass is 16.2. The number of nitriles is 1. The molecule has 26 heavy (non-hydrogen) atoms. The minimum Gasteiger partial charge on any atom is -0.274 e. The Morgan fingerprint density at radius 2 is 1.69 bits per heavy atom. The maximum atomic E-state index is 12.7. The molecule has 3 rings (SSSR count). The van der Waals surface area contributed by atoms with Crippen LogP contribution in [-0.4, -0.2) is 16.7 Å². The monoisotopic (exact) mass is 350 g/mol. The van der Waals surface area contributed by atoms with Gasteiger partial charge in [-0.25, -0.2) is 4.90 Å². The third-order valence-corrected chi connectivity index (χ3v) is 5.82. The highest BCUT2D eigenvalue weighted by molar-refractivity contribution is 6.05. The molecule has 2 amide bonds. The van der Waals surface area contributed by atoms with E-state index < -0.39 is 0 Å². The van der Waals surface area contributed by atoms with Crippen LogP contribution < -0.4 is 0 Å². The molecule has 2 aliphatic carbocycles. The lowest BCUT2D eigenvalue weighted by molar-refractivity contribution is -0.140. The molecule has 1 spiro atoms. The average molecular weight is 350 g/mol. The molecule has 0 atom stereocenters. The van der Waals surface area contributed by atoms with Crippen molar-refractivity contribution in [3.63, 3.8) is 0 Å². The summed E-state index contributed by atoms with van der Waals surface area (Å²) >= 11 is 0. The standard InChI is InChI=1S/C22H26N2O2/c1-3-19(25)24(20(26)4-2)21-17-11-7-6-10-16(17)14-22(18(21)15-23)12-8-5-9-13-22/h6-7,10-11H,3-5,8-9,12-14H2,1-2H3. The predicted octanol–water partition coefficient (Wildman–Crippen LogP) is 4.60. The molecule has 0 unspecified atom stereocenters. The van der Waals surface area contributed by atoms with Crippen molar-refractivity contribution in [3.8, 4) is 6.07 Å². The summed E-state index contributed by atoms with van der Waals surface area (Å²) in [4.78, 5) is 26.7. The number of rotatable bonds is 3. The van der Waals surface area contributed by atoms with E-state index in [0.717, 1.165) is 43.2 Å². The van der Waals surface area contributed by atoms with Crippen LogP contribution in [0.1, 0.15) is 69.9 Å². The van der Waals surface area contributed by atoms with Crippen molar-refractivity contribution >= 4 is 17.5 Å². The summed E-state index contributed by atoms with van der Waals surface area (Å²) in [7, 11) is 0. The molecular weight excluding hydrogens is 324 g/mol. The van der Waals surface area contributed by atoms with E-state index in [-0.39, 0.29) is 30.1 Å². The van der Waals surface area contributed by atoms with Crippen molar-refractivity contribution in [2.75, 3.05) is 0 Å². The molecule has 4 heteroatoms. The fourth-order valence-electron chi connectivity index (χ4n) is 4.51. The van der Waals surface area contributed by atoms with Crippen LogP contribution >= 0.6 is 0 Å². The SMILES string of the molecule is CCC(=O)N(C(=O)CC)C1=C(C#N)C2(CCCCC2)Cc2ccccc21. The zero-order valence-electron chi connectivity index (χ0n) is 15.7. The van der Waals surface area contributed by atoms with E-state index in [4.69, 9.17) is 0 Å². The third kappa shape index (κ3) is 2.96. The van der Waals surface area contributed by atoms with Gasteiger partial charge >= 0.3 is 0 Å². The van der Waals surface area contributed by atoms with Gasteiger partial charge in [0.2, 0.25) is 11.8 Å². The Kier molecular flexibility index (Phi) is 5.27. The molecule has 0 aromatic heterocycles. The zero-order valence-corrected chi connectivity index (χ0v) is 15.7. The first kappa shape index (κ1) is 18.4. The second-order valence-corrected chi connectivity index (χ2v) is 7.34. The van der Waals surface area contributed by atoms with Gasteiger partial charge in [0.15, 0.2) is 0 Å². The van der Waals surface area contributed by atoms with Crippen molar-refractivity contribution in [1.82, 2.24) is 4.90 Å². The number of carbonyl (C=O) groups excluding carboxylic acids is 2. The van der Waals surface area contributed by atoms with Crippen molar-refractivity contribution in [2.24, 2.45) is 5.41 Å². The number of hydrogen-bond donors (Lipinski definition) is 0. The van der Waals surface area contributed by atoms with Crippen LogP contribution in [-0.2, 0) is 16.0 Å². The van der Waals surface area contributed by atoms with Crippen molar-refractivity contribution in [3.05, 3.63) is 41.0 Å². The molecule has 0 N–H and O–H groups in total. The number of hydrogen-bond acceptors (Lipinski definition) is 3. The normalized spacial score (nSPS) is 18.2. The molecular formula is C22H26N2O2. The summed E-state index contributed by atoms with van der Waals surface area (Å²) < 4.78 is 0. The van der Waals surface area contributed by atoms with E-state index in [1.165, 1.54) is 11.3 Å². The Morgan fingerprint density at radius 1 is 1.08 bits per heavy atom. The molecule has 4 nitrogen and oxygen atoms in total. The Balaban J connectivity index is 2.29. The fraction of sp³-hybridized carbons (Fsp3) is 0.500. The van der Waals surface area contributed by atoms with E-state index in [2.05, 4.69) is 12.1 Å². The second-order valence-electron chi connectivity index (χ2n) is 7.34. The molecule has 0 bridgehead atoms. The first-order chi connectivity index (χ1) is 12.6. The Hall–Kier alpha value is -2.41. The van der Waals surface area contributed by atoms with Gasteiger partial charge in [0.1, 0.15) is 0 Å². The summed E-state index contributed by atoms with van der Waals surface area (Å²) in [6, 6.07) is 10.4. The minimum absolute atomic E-state index is 0.234. The van der Waals surface area contributed by atoms with E-state index in [1.54, 1.807) is 13.8 Å². The van der Waals surface area contributed by atoms with Crippen molar-refractivity contribution in [1.29, 1.82) is 5.26 Å². The number of benzene rings is 1. The minimum atomic E-state index is -0.239. The molecule has 1 fully saturated rings. The quantitative estimate of drug-likeness (QED) is 0.800. The number of fused-ring (bicyclic) bond motifs is 1. The van der Waals surface area contributed by atoms with E-state index in [9.17, 15) is 14.9 Å². The number of allylic oxidation sites excluding steroid dienone is 1.